The van der Waals surface area contributed by atoms with Gasteiger partial charge < -0.3 is 0 Å². The summed E-state index contributed by atoms with van der Waals surface area (Å²) < 4.78 is 25.1. The van der Waals surface area contributed by atoms with Crippen LogP contribution >= 0.6 is 23.4 Å². The zero-order valence-corrected chi connectivity index (χ0v) is 7.14. The number of rotatable bonds is 1. The van der Waals surface area contributed by atoms with Crippen molar-refractivity contribution < 1.29 is 8.78 Å². The summed E-state index contributed by atoms with van der Waals surface area (Å²) in [5, 5.41) is 0.136. The van der Waals surface area contributed by atoms with Crippen molar-refractivity contribution >= 4 is 23.4 Å². The van der Waals surface area contributed by atoms with Gasteiger partial charge in [0.15, 0.2) is 5.82 Å². The lowest BCUT2D eigenvalue weighted by Gasteiger charge is -2.00. The number of aromatic nitrogens is 1. The molecule has 0 amide bonds. The second-order valence-electron chi connectivity index (χ2n) is 1.74. The van der Waals surface area contributed by atoms with E-state index in [1.54, 1.807) is 6.26 Å². The van der Waals surface area contributed by atoms with Crippen LogP contribution in [0.3, 0.4) is 0 Å². The Bertz CT molecular complexity index is 280. The Morgan fingerprint density at radius 3 is 2.64 bits per heavy atom. The van der Waals surface area contributed by atoms with Crippen molar-refractivity contribution in [1.29, 1.82) is 0 Å². The molecule has 0 atom stereocenters. The fraction of sp³-hybridized carbons (Fsp3) is 0.167. The van der Waals surface area contributed by atoms with Crippen LogP contribution in [0.2, 0.25) is 5.02 Å². The molecule has 1 nitrogen and oxygen atoms in total. The van der Waals surface area contributed by atoms with Crippen molar-refractivity contribution in [2.75, 3.05) is 6.26 Å². The molecule has 0 aliphatic rings. The van der Waals surface area contributed by atoms with Crippen LogP contribution in [-0.4, -0.2) is 11.2 Å². The minimum Gasteiger partial charge on any atom is -0.224 e. The minimum atomic E-state index is -1.11. The fourth-order valence-corrected chi connectivity index (χ4v) is 1.49. The summed E-state index contributed by atoms with van der Waals surface area (Å²) in [6.07, 6.45) is 2.70. The van der Waals surface area contributed by atoms with Crippen LogP contribution < -0.4 is 0 Å². The van der Waals surface area contributed by atoms with E-state index in [0.717, 1.165) is 18.0 Å². The predicted octanol–water partition coefficient (Wildman–Crippen LogP) is 2.74. The fourth-order valence-electron chi connectivity index (χ4n) is 0.614. The molecular formula is C6H4ClF2NS. The largest absolute Gasteiger partial charge is 0.250 e. The Morgan fingerprint density at radius 1 is 1.55 bits per heavy atom. The molecule has 0 saturated carbocycles. The van der Waals surface area contributed by atoms with Gasteiger partial charge in [-0.3, -0.25) is 0 Å². The third-order valence-electron chi connectivity index (χ3n) is 1.09. The Kier molecular flexibility index (Phi) is 2.67. The van der Waals surface area contributed by atoms with E-state index in [4.69, 9.17) is 11.6 Å². The average Bonchev–Trinajstić information content (AvgIpc) is 1.99. The summed E-state index contributed by atoms with van der Waals surface area (Å²) in [6, 6.07) is 0. The van der Waals surface area contributed by atoms with Gasteiger partial charge in [-0.15, -0.1) is 11.8 Å². The second kappa shape index (κ2) is 3.36. The van der Waals surface area contributed by atoms with Gasteiger partial charge in [-0.1, -0.05) is 11.6 Å². The van der Waals surface area contributed by atoms with E-state index in [-0.39, 0.29) is 9.92 Å². The van der Waals surface area contributed by atoms with Crippen molar-refractivity contribution in [2.45, 2.75) is 4.90 Å². The average molecular weight is 196 g/mol. The van der Waals surface area contributed by atoms with Gasteiger partial charge >= 0.3 is 0 Å². The van der Waals surface area contributed by atoms with E-state index in [0.29, 0.717) is 0 Å². The first-order valence-corrected chi connectivity index (χ1v) is 4.30. The highest BCUT2D eigenvalue weighted by atomic mass is 35.5. The van der Waals surface area contributed by atoms with E-state index in [2.05, 4.69) is 4.98 Å². The van der Waals surface area contributed by atoms with Crippen LogP contribution in [0.15, 0.2) is 11.1 Å². The van der Waals surface area contributed by atoms with Crippen LogP contribution in [0.1, 0.15) is 0 Å². The minimum absolute atomic E-state index is 0.0965. The number of hydrogen-bond acceptors (Lipinski definition) is 2. The lowest BCUT2D eigenvalue weighted by atomic mass is 10.5. The molecule has 11 heavy (non-hydrogen) atoms. The predicted molar refractivity (Wildman–Crippen MR) is 40.9 cm³/mol. The van der Waals surface area contributed by atoms with Crippen LogP contribution in [0.4, 0.5) is 8.78 Å². The number of hydrogen-bond donors (Lipinski definition) is 0. The highest BCUT2D eigenvalue weighted by molar-refractivity contribution is 7.98. The molecule has 1 aromatic heterocycles. The molecule has 0 N–H and O–H groups in total. The Balaban J connectivity index is 3.29. The van der Waals surface area contributed by atoms with Crippen LogP contribution in [0, 0.1) is 11.8 Å². The molecule has 0 aliphatic carbocycles. The second-order valence-corrected chi connectivity index (χ2v) is 2.97. The van der Waals surface area contributed by atoms with Gasteiger partial charge in [0.05, 0.1) is 16.1 Å². The number of thioether (sulfide) groups is 1. The van der Waals surface area contributed by atoms with Crippen molar-refractivity contribution in [2.24, 2.45) is 0 Å². The van der Waals surface area contributed by atoms with Crippen LogP contribution in [0.25, 0.3) is 0 Å². The molecule has 1 aromatic rings. The summed E-state index contributed by atoms with van der Waals surface area (Å²) in [7, 11) is 0. The molecule has 0 saturated heterocycles. The highest BCUT2D eigenvalue weighted by Crippen LogP contribution is 2.27. The maximum absolute atomic E-state index is 12.7. The van der Waals surface area contributed by atoms with Crippen molar-refractivity contribution in [3.63, 3.8) is 0 Å². The number of pyridine rings is 1. The molecule has 0 aromatic carbocycles. The van der Waals surface area contributed by atoms with Crippen molar-refractivity contribution in [1.82, 2.24) is 4.98 Å². The molecule has 1 heterocycles. The van der Waals surface area contributed by atoms with Gasteiger partial charge in [0, 0.05) is 0 Å². The maximum Gasteiger partial charge on any atom is 0.250 e. The van der Waals surface area contributed by atoms with E-state index in [9.17, 15) is 8.78 Å². The number of halogens is 3. The molecule has 0 aliphatic heterocycles. The summed E-state index contributed by atoms with van der Waals surface area (Å²) >= 11 is 6.56. The van der Waals surface area contributed by atoms with E-state index >= 15 is 0 Å². The van der Waals surface area contributed by atoms with E-state index in [1.165, 1.54) is 0 Å². The topological polar surface area (TPSA) is 12.9 Å². The first-order valence-electron chi connectivity index (χ1n) is 2.70. The van der Waals surface area contributed by atoms with Gasteiger partial charge in [-0.2, -0.15) is 4.39 Å². The smallest absolute Gasteiger partial charge is 0.224 e. The van der Waals surface area contributed by atoms with E-state index < -0.39 is 11.8 Å². The van der Waals surface area contributed by atoms with Crippen molar-refractivity contribution in [3.05, 3.63) is 23.0 Å². The summed E-state index contributed by atoms with van der Waals surface area (Å²) in [4.78, 5) is 3.20. The molecule has 0 radical (unpaired) electrons. The third-order valence-corrected chi connectivity index (χ3v) is 2.30. The summed E-state index contributed by atoms with van der Waals surface area (Å²) in [5.41, 5.74) is 0. The molecule has 0 unspecified atom stereocenters. The standard InChI is InChI=1S/C6H4ClF2NS/c1-11-5-3(7)2-10-6(9)4(5)8/h2H,1H3. The van der Waals surface area contributed by atoms with Crippen LogP contribution in [0.5, 0.6) is 0 Å². The van der Waals surface area contributed by atoms with Gasteiger partial charge in [0.2, 0.25) is 5.95 Å². The third kappa shape index (κ3) is 1.62. The van der Waals surface area contributed by atoms with Gasteiger partial charge in [-0.25, -0.2) is 9.37 Å². The van der Waals surface area contributed by atoms with E-state index in [1.807, 2.05) is 0 Å². The molecule has 5 heteroatoms. The molecule has 60 valence electrons. The SMILES string of the molecule is CSc1c(Cl)cnc(F)c1F. The highest BCUT2D eigenvalue weighted by Gasteiger charge is 2.11. The molecule has 0 fully saturated rings. The van der Waals surface area contributed by atoms with Gasteiger partial charge in [0.1, 0.15) is 0 Å². The molecule has 0 bridgehead atoms. The molecule has 0 spiro atoms. The quantitative estimate of drug-likeness (QED) is 0.505. The molecular weight excluding hydrogens is 192 g/mol. The monoisotopic (exact) mass is 195 g/mol. The summed E-state index contributed by atoms with van der Waals surface area (Å²) in [5.74, 6) is -2.09. The first kappa shape index (κ1) is 8.74. The number of nitrogens with zero attached hydrogens (tertiary/aromatic N) is 1. The van der Waals surface area contributed by atoms with Crippen molar-refractivity contribution in [3.8, 4) is 0 Å². The normalized spacial score (nSPS) is 10.2. The Morgan fingerprint density at radius 2 is 2.18 bits per heavy atom. The van der Waals surface area contributed by atoms with Gasteiger partial charge in [0.25, 0.3) is 0 Å². The lowest BCUT2D eigenvalue weighted by Crippen LogP contribution is -1.92. The maximum atomic E-state index is 12.7. The van der Waals surface area contributed by atoms with Crippen LogP contribution in [-0.2, 0) is 0 Å². The zero-order valence-electron chi connectivity index (χ0n) is 5.57. The summed E-state index contributed by atoms with van der Waals surface area (Å²) in [6.45, 7) is 0. The van der Waals surface area contributed by atoms with Gasteiger partial charge in [-0.05, 0) is 6.26 Å². The Hall–Kier alpha value is -0.350. The Labute approximate surface area is 71.8 Å². The molecule has 1 rings (SSSR count). The zero-order chi connectivity index (χ0) is 8.43. The lowest BCUT2D eigenvalue weighted by molar-refractivity contribution is 0.463. The first-order chi connectivity index (χ1) is 5.16.